The van der Waals surface area contributed by atoms with Gasteiger partial charge in [0, 0.05) is 48.0 Å². The molecule has 0 radical (unpaired) electrons. The monoisotopic (exact) mass is 469 g/mol. The molecule has 4 rings (SSSR count). The fourth-order valence-electron chi connectivity index (χ4n) is 4.18. The second kappa shape index (κ2) is 8.22. The Bertz CT molecular complexity index is 1040. The van der Waals surface area contributed by atoms with Crippen molar-refractivity contribution < 1.29 is 14.4 Å². The van der Waals surface area contributed by atoms with E-state index < -0.39 is 5.92 Å². The molecule has 0 bridgehead atoms. The summed E-state index contributed by atoms with van der Waals surface area (Å²) in [6.45, 7) is 4.64. The Labute approximate surface area is 184 Å². The topological polar surface area (TPSA) is 69.7 Å². The Balaban J connectivity index is 1.46. The number of amides is 3. The number of nitrogens with one attached hydrogen (secondary N) is 1. The molecule has 0 aromatic heterocycles. The normalized spacial score (nSPS) is 18.4. The lowest BCUT2D eigenvalue weighted by Crippen LogP contribution is -2.33. The number of anilines is 3. The number of aryl methyl sites for hydroxylation is 2. The second-order valence-corrected chi connectivity index (χ2v) is 8.80. The van der Waals surface area contributed by atoms with E-state index in [2.05, 4.69) is 21.2 Å². The van der Waals surface area contributed by atoms with Crippen molar-refractivity contribution in [2.75, 3.05) is 28.2 Å². The van der Waals surface area contributed by atoms with Gasteiger partial charge < -0.3 is 15.1 Å². The van der Waals surface area contributed by atoms with E-state index in [1.807, 2.05) is 43.3 Å². The Kier molecular flexibility index (Phi) is 5.64. The van der Waals surface area contributed by atoms with E-state index in [-0.39, 0.29) is 24.1 Å². The largest absolute Gasteiger partial charge is 0.326 e. The van der Waals surface area contributed by atoms with E-state index in [1.54, 1.807) is 16.7 Å². The molecule has 2 aliphatic heterocycles. The average Bonchev–Trinajstić information content (AvgIpc) is 3.11. The molecule has 1 atom stereocenters. The molecule has 1 N–H and O–H groups in total. The number of halogens is 1. The summed E-state index contributed by atoms with van der Waals surface area (Å²) in [4.78, 5) is 40.7. The van der Waals surface area contributed by atoms with Crippen LogP contribution < -0.4 is 15.1 Å². The van der Waals surface area contributed by atoms with Gasteiger partial charge in [0.05, 0.1) is 5.92 Å². The molecule has 2 aromatic rings. The van der Waals surface area contributed by atoms with Gasteiger partial charge in [-0.25, -0.2) is 0 Å². The van der Waals surface area contributed by atoms with Gasteiger partial charge in [-0.15, -0.1) is 0 Å². The Morgan fingerprint density at radius 3 is 2.70 bits per heavy atom. The molecule has 0 spiro atoms. The van der Waals surface area contributed by atoms with E-state index >= 15 is 0 Å². The van der Waals surface area contributed by atoms with E-state index in [1.165, 1.54) is 0 Å². The highest BCUT2D eigenvalue weighted by atomic mass is 79.9. The zero-order valence-corrected chi connectivity index (χ0v) is 18.7. The molecule has 2 aromatic carbocycles. The van der Waals surface area contributed by atoms with Crippen LogP contribution in [-0.2, 0) is 20.8 Å². The molecule has 156 valence electrons. The maximum absolute atomic E-state index is 12.8. The molecular formula is C23H24BrN3O3. The number of fused-ring (bicyclic) bond motifs is 1. The molecule has 3 amide bonds. The smallest absolute Gasteiger partial charge is 0.229 e. The third kappa shape index (κ3) is 3.99. The summed E-state index contributed by atoms with van der Waals surface area (Å²) in [6, 6.07) is 11.4. The van der Waals surface area contributed by atoms with Gasteiger partial charge in [0.15, 0.2) is 0 Å². The van der Waals surface area contributed by atoms with Crippen molar-refractivity contribution in [3.05, 3.63) is 52.0 Å². The summed E-state index contributed by atoms with van der Waals surface area (Å²) in [5.74, 6) is -0.565. The summed E-state index contributed by atoms with van der Waals surface area (Å²) in [7, 11) is 0. The molecule has 1 saturated heterocycles. The van der Waals surface area contributed by atoms with Crippen molar-refractivity contribution in [1.82, 2.24) is 0 Å². The van der Waals surface area contributed by atoms with Gasteiger partial charge in [-0.05, 0) is 67.3 Å². The maximum atomic E-state index is 12.8. The molecule has 2 aliphatic rings. The van der Waals surface area contributed by atoms with Crippen LogP contribution in [0, 0.1) is 12.8 Å². The van der Waals surface area contributed by atoms with Gasteiger partial charge in [-0.2, -0.15) is 0 Å². The molecule has 30 heavy (non-hydrogen) atoms. The van der Waals surface area contributed by atoms with Crippen LogP contribution in [0.15, 0.2) is 40.9 Å². The quantitative estimate of drug-likeness (QED) is 0.736. The summed E-state index contributed by atoms with van der Waals surface area (Å²) >= 11 is 3.47. The number of benzene rings is 2. The first-order chi connectivity index (χ1) is 14.3. The summed E-state index contributed by atoms with van der Waals surface area (Å²) in [6.07, 6.45) is 1.98. The number of rotatable bonds is 3. The minimum absolute atomic E-state index is 0.0282. The lowest BCUT2D eigenvalue weighted by Gasteiger charge is -2.29. The Hall–Kier alpha value is -2.67. The summed E-state index contributed by atoms with van der Waals surface area (Å²) < 4.78 is 0.989. The molecule has 0 aliphatic carbocycles. The summed E-state index contributed by atoms with van der Waals surface area (Å²) in [5, 5.41) is 2.96. The lowest BCUT2D eigenvalue weighted by atomic mass is 10.0. The first-order valence-corrected chi connectivity index (χ1v) is 10.9. The third-order valence-corrected chi connectivity index (χ3v) is 6.68. The number of hydrogen-bond donors (Lipinski definition) is 1. The molecule has 6 nitrogen and oxygen atoms in total. The first kappa shape index (κ1) is 20.6. The van der Waals surface area contributed by atoms with E-state index in [0.717, 1.165) is 46.4 Å². The Morgan fingerprint density at radius 2 is 1.97 bits per heavy atom. The molecule has 2 heterocycles. The minimum Gasteiger partial charge on any atom is -0.326 e. The second-order valence-electron chi connectivity index (χ2n) is 7.95. The van der Waals surface area contributed by atoms with Crippen LogP contribution in [0.2, 0.25) is 0 Å². The van der Waals surface area contributed by atoms with Crippen LogP contribution in [0.5, 0.6) is 0 Å². The molecule has 0 saturated carbocycles. The van der Waals surface area contributed by atoms with Crippen molar-refractivity contribution in [3.63, 3.8) is 0 Å². The van der Waals surface area contributed by atoms with Crippen LogP contribution in [0.4, 0.5) is 17.1 Å². The van der Waals surface area contributed by atoms with Gasteiger partial charge in [-0.1, -0.05) is 15.9 Å². The van der Waals surface area contributed by atoms with Gasteiger partial charge in [0.1, 0.15) is 0 Å². The third-order valence-electron chi connectivity index (χ3n) is 5.79. The van der Waals surface area contributed by atoms with Gasteiger partial charge in [0.25, 0.3) is 0 Å². The molecular weight excluding hydrogens is 446 g/mol. The van der Waals surface area contributed by atoms with Crippen molar-refractivity contribution in [3.8, 4) is 0 Å². The van der Waals surface area contributed by atoms with Crippen LogP contribution in [0.25, 0.3) is 0 Å². The number of nitrogens with zero attached hydrogens (tertiary/aromatic N) is 2. The van der Waals surface area contributed by atoms with Crippen LogP contribution >= 0.6 is 15.9 Å². The molecule has 1 unspecified atom stereocenters. The zero-order chi connectivity index (χ0) is 21.4. The summed E-state index contributed by atoms with van der Waals surface area (Å²) in [5.41, 5.74) is 4.54. The predicted octanol–water partition coefficient (Wildman–Crippen LogP) is 4.05. The van der Waals surface area contributed by atoms with E-state index in [4.69, 9.17) is 0 Å². The first-order valence-electron chi connectivity index (χ1n) is 10.1. The zero-order valence-electron chi connectivity index (χ0n) is 17.1. The molecule has 7 heteroatoms. The van der Waals surface area contributed by atoms with Gasteiger partial charge in [0.2, 0.25) is 17.7 Å². The van der Waals surface area contributed by atoms with Crippen molar-refractivity contribution in [1.29, 1.82) is 0 Å². The van der Waals surface area contributed by atoms with Gasteiger partial charge in [-0.3, -0.25) is 14.4 Å². The average molecular weight is 470 g/mol. The van der Waals surface area contributed by atoms with E-state index in [0.29, 0.717) is 12.2 Å². The highest BCUT2D eigenvalue weighted by Gasteiger charge is 2.35. The van der Waals surface area contributed by atoms with Gasteiger partial charge >= 0.3 is 0 Å². The van der Waals surface area contributed by atoms with Crippen molar-refractivity contribution in [2.24, 2.45) is 5.92 Å². The highest BCUT2D eigenvalue weighted by molar-refractivity contribution is 9.10. The van der Waals surface area contributed by atoms with E-state index in [9.17, 15) is 14.4 Å². The fourth-order valence-corrected chi connectivity index (χ4v) is 4.42. The predicted molar refractivity (Wildman–Crippen MR) is 121 cm³/mol. The maximum Gasteiger partial charge on any atom is 0.229 e. The van der Waals surface area contributed by atoms with Crippen LogP contribution in [-0.4, -0.2) is 30.8 Å². The molecule has 1 fully saturated rings. The number of carbonyl (C=O) groups excluding carboxylic acids is 3. The standard InChI is InChI=1S/C23H24BrN3O3/c1-14-10-19(6-7-20(14)24)27-13-17(12-22(27)29)23(30)25-18-5-8-21-16(11-18)4-3-9-26(21)15(2)28/h5-8,10-11,17H,3-4,9,12-13H2,1-2H3,(H,25,30). The van der Waals surface area contributed by atoms with Crippen LogP contribution in [0.3, 0.4) is 0 Å². The van der Waals surface area contributed by atoms with Crippen molar-refractivity contribution >= 4 is 50.7 Å². The lowest BCUT2D eigenvalue weighted by molar-refractivity contribution is -0.122. The Morgan fingerprint density at radius 1 is 1.17 bits per heavy atom. The minimum atomic E-state index is -0.397. The fraction of sp³-hybridized carbons (Fsp3) is 0.348. The number of carbonyl (C=O) groups is 3. The SMILES string of the molecule is CC(=O)N1CCCc2cc(NC(=O)C3CC(=O)N(c4ccc(Br)c(C)c4)C3)ccc21. The van der Waals surface area contributed by atoms with Crippen molar-refractivity contribution in [2.45, 2.75) is 33.1 Å². The van der Waals surface area contributed by atoms with Crippen LogP contribution in [0.1, 0.15) is 30.9 Å². The highest BCUT2D eigenvalue weighted by Crippen LogP contribution is 2.32. The number of hydrogen-bond acceptors (Lipinski definition) is 3.